The minimum absolute atomic E-state index is 0.144. The summed E-state index contributed by atoms with van der Waals surface area (Å²) < 4.78 is 0. The average molecular weight is 366 g/mol. The van der Waals surface area contributed by atoms with Crippen LogP contribution < -0.4 is 16.1 Å². The molecule has 2 aromatic carbocycles. The van der Waals surface area contributed by atoms with Crippen LogP contribution in [0, 0.1) is 0 Å². The van der Waals surface area contributed by atoms with Gasteiger partial charge in [0.2, 0.25) is 0 Å². The van der Waals surface area contributed by atoms with Gasteiger partial charge in [-0.2, -0.15) is 5.10 Å². The van der Waals surface area contributed by atoms with Crippen LogP contribution in [0.2, 0.25) is 0 Å². The third kappa shape index (κ3) is 3.57. The number of nitrogens with one attached hydrogen (secondary N) is 3. The number of hydrogen-bond donors (Lipinski definition) is 3. The normalized spacial score (nSPS) is 15.3. The van der Waals surface area contributed by atoms with Crippen molar-refractivity contribution in [2.45, 2.75) is 35.6 Å². The van der Waals surface area contributed by atoms with Gasteiger partial charge in [0.05, 0.1) is 17.1 Å². The van der Waals surface area contributed by atoms with Crippen molar-refractivity contribution in [3.63, 3.8) is 0 Å². The van der Waals surface area contributed by atoms with E-state index in [0.29, 0.717) is 5.71 Å². The maximum absolute atomic E-state index is 11.8. The zero-order valence-corrected chi connectivity index (χ0v) is 15.0. The first-order valence-corrected chi connectivity index (χ1v) is 9.25. The summed E-state index contributed by atoms with van der Waals surface area (Å²) >= 11 is 1.71. The summed E-state index contributed by atoms with van der Waals surface area (Å²) in [6, 6.07) is 14.3. The highest BCUT2D eigenvalue weighted by molar-refractivity contribution is 7.99. The molecular formula is C19H18N4O2S. The van der Waals surface area contributed by atoms with Crippen LogP contribution in [0.5, 0.6) is 0 Å². The molecule has 0 saturated heterocycles. The number of anilines is 2. The van der Waals surface area contributed by atoms with E-state index >= 15 is 0 Å². The van der Waals surface area contributed by atoms with Gasteiger partial charge in [-0.1, -0.05) is 30.0 Å². The minimum Gasteiger partial charge on any atom is -0.354 e. The van der Waals surface area contributed by atoms with Crippen molar-refractivity contribution in [2.24, 2.45) is 5.10 Å². The number of carbonyl (C=O) groups excluding carboxylic acids is 2. The molecule has 1 saturated carbocycles. The van der Waals surface area contributed by atoms with Crippen molar-refractivity contribution < 1.29 is 9.59 Å². The van der Waals surface area contributed by atoms with E-state index in [0.717, 1.165) is 34.7 Å². The van der Waals surface area contributed by atoms with Crippen LogP contribution in [0.1, 0.15) is 25.3 Å². The number of amides is 2. The highest BCUT2D eigenvalue weighted by atomic mass is 32.2. The minimum atomic E-state index is -0.739. The predicted molar refractivity (Wildman–Crippen MR) is 102 cm³/mol. The Morgan fingerprint density at radius 2 is 1.85 bits per heavy atom. The molecule has 4 rings (SSSR count). The molecule has 2 aliphatic rings. The zero-order valence-electron chi connectivity index (χ0n) is 14.2. The van der Waals surface area contributed by atoms with Crippen LogP contribution in [-0.4, -0.2) is 23.6 Å². The number of nitrogens with zero attached hydrogens (tertiary/aromatic N) is 1. The molecular weight excluding hydrogens is 348 g/mol. The van der Waals surface area contributed by atoms with Gasteiger partial charge in [-0.15, -0.1) is 0 Å². The molecule has 6 nitrogen and oxygen atoms in total. The number of benzene rings is 2. The van der Waals surface area contributed by atoms with Gasteiger partial charge < -0.3 is 10.6 Å². The lowest BCUT2D eigenvalue weighted by atomic mass is 10.1. The van der Waals surface area contributed by atoms with Crippen molar-refractivity contribution in [1.29, 1.82) is 0 Å². The molecule has 7 heteroatoms. The lowest BCUT2D eigenvalue weighted by Crippen LogP contribution is -2.39. The van der Waals surface area contributed by atoms with E-state index in [4.69, 9.17) is 0 Å². The van der Waals surface area contributed by atoms with Gasteiger partial charge in [-0.25, -0.2) is 5.43 Å². The quantitative estimate of drug-likeness (QED) is 0.378. The summed E-state index contributed by atoms with van der Waals surface area (Å²) in [5.41, 5.74) is 5.90. The molecule has 1 heterocycles. The molecule has 132 valence electrons. The molecule has 2 aromatic rings. The van der Waals surface area contributed by atoms with Crippen LogP contribution >= 0.6 is 11.8 Å². The van der Waals surface area contributed by atoms with Crippen molar-refractivity contribution >= 4 is 40.7 Å². The van der Waals surface area contributed by atoms with Gasteiger partial charge in [0.25, 0.3) is 0 Å². The Morgan fingerprint density at radius 1 is 1.08 bits per heavy atom. The average Bonchev–Trinajstić information content (AvgIpc) is 3.47. The second kappa shape index (κ2) is 6.84. The fourth-order valence-electron chi connectivity index (χ4n) is 2.59. The Balaban J connectivity index is 1.46. The van der Waals surface area contributed by atoms with Crippen LogP contribution in [0.4, 0.5) is 11.4 Å². The van der Waals surface area contributed by atoms with E-state index in [1.807, 2.05) is 36.4 Å². The van der Waals surface area contributed by atoms with E-state index in [2.05, 4.69) is 27.2 Å². The molecule has 1 fully saturated rings. The Labute approximate surface area is 155 Å². The SMILES string of the molecule is C/C(=N/NC(=O)C(=O)NC1CC1)c1ccc2c(c1)Nc1ccccc1S2. The molecule has 0 spiro atoms. The second-order valence-electron chi connectivity index (χ2n) is 6.32. The van der Waals surface area contributed by atoms with Crippen LogP contribution in [0.3, 0.4) is 0 Å². The molecule has 1 aliphatic heterocycles. The number of hydrogen-bond acceptors (Lipinski definition) is 5. The number of hydrazone groups is 1. The molecule has 0 aromatic heterocycles. The molecule has 0 atom stereocenters. The lowest BCUT2D eigenvalue weighted by Gasteiger charge is -2.21. The summed E-state index contributed by atoms with van der Waals surface area (Å²) in [5.74, 6) is -1.37. The Kier molecular flexibility index (Phi) is 4.38. The largest absolute Gasteiger partial charge is 0.354 e. The number of rotatable bonds is 3. The topological polar surface area (TPSA) is 82.6 Å². The summed E-state index contributed by atoms with van der Waals surface area (Å²) in [4.78, 5) is 25.7. The molecule has 0 bridgehead atoms. The zero-order chi connectivity index (χ0) is 18.1. The van der Waals surface area contributed by atoms with Crippen molar-refractivity contribution in [2.75, 3.05) is 5.32 Å². The fourth-order valence-corrected chi connectivity index (χ4v) is 3.56. The van der Waals surface area contributed by atoms with Crippen LogP contribution in [0.15, 0.2) is 57.4 Å². The third-order valence-corrected chi connectivity index (χ3v) is 5.37. The lowest BCUT2D eigenvalue weighted by molar-refractivity contribution is -0.139. The Hall–Kier alpha value is -2.80. The first-order chi connectivity index (χ1) is 12.6. The van der Waals surface area contributed by atoms with Crippen molar-refractivity contribution in [1.82, 2.24) is 10.7 Å². The van der Waals surface area contributed by atoms with Crippen molar-refractivity contribution in [3.05, 3.63) is 48.0 Å². The van der Waals surface area contributed by atoms with Gasteiger partial charge in [-0.05, 0) is 49.6 Å². The summed E-state index contributed by atoms with van der Waals surface area (Å²) in [5, 5.41) is 10.1. The Bertz CT molecular complexity index is 922. The maximum Gasteiger partial charge on any atom is 0.329 e. The molecule has 3 N–H and O–H groups in total. The summed E-state index contributed by atoms with van der Waals surface area (Å²) in [6.45, 7) is 1.80. The molecule has 2 amide bonds. The van der Waals surface area contributed by atoms with E-state index in [9.17, 15) is 9.59 Å². The fraction of sp³-hybridized carbons (Fsp3) is 0.211. The molecule has 0 radical (unpaired) electrons. The Morgan fingerprint density at radius 3 is 2.65 bits per heavy atom. The highest BCUT2D eigenvalue weighted by Crippen LogP contribution is 2.44. The van der Waals surface area contributed by atoms with E-state index in [1.165, 1.54) is 4.90 Å². The number of para-hydroxylation sites is 1. The smallest absolute Gasteiger partial charge is 0.329 e. The van der Waals surface area contributed by atoms with Gasteiger partial charge in [0, 0.05) is 15.8 Å². The van der Waals surface area contributed by atoms with Gasteiger partial charge in [-0.3, -0.25) is 9.59 Å². The summed E-state index contributed by atoms with van der Waals surface area (Å²) in [7, 11) is 0. The number of fused-ring (bicyclic) bond motifs is 2. The molecule has 0 unspecified atom stereocenters. The van der Waals surface area contributed by atoms with Gasteiger partial charge in [0.15, 0.2) is 0 Å². The van der Waals surface area contributed by atoms with Crippen LogP contribution in [0.25, 0.3) is 0 Å². The van der Waals surface area contributed by atoms with E-state index < -0.39 is 11.8 Å². The standard InChI is InChI=1S/C19H18N4O2S/c1-11(22-23-19(25)18(24)20-13-7-8-13)12-6-9-17-15(10-12)21-14-4-2-3-5-16(14)26-17/h2-6,9-10,13,21H,7-8H2,1H3,(H,20,24)(H,23,25)/b22-11-. The van der Waals surface area contributed by atoms with Crippen molar-refractivity contribution in [3.8, 4) is 0 Å². The van der Waals surface area contributed by atoms with Gasteiger partial charge in [0.1, 0.15) is 0 Å². The monoisotopic (exact) mass is 366 g/mol. The number of carbonyl (C=O) groups is 2. The molecule has 26 heavy (non-hydrogen) atoms. The van der Waals surface area contributed by atoms with Crippen LogP contribution in [-0.2, 0) is 9.59 Å². The third-order valence-electron chi connectivity index (χ3n) is 4.22. The van der Waals surface area contributed by atoms with E-state index in [-0.39, 0.29) is 6.04 Å². The first kappa shape index (κ1) is 16.7. The second-order valence-corrected chi connectivity index (χ2v) is 7.40. The first-order valence-electron chi connectivity index (χ1n) is 8.43. The highest BCUT2D eigenvalue weighted by Gasteiger charge is 2.26. The van der Waals surface area contributed by atoms with E-state index in [1.54, 1.807) is 18.7 Å². The van der Waals surface area contributed by atoms with Gasteiger partial charge >= 0.3 is 11.8 Å². The maximum atomic E-state index is 11.8. The summed E-state index contributed by atoms with van der Waals surface area (Å²) in [6.07, 6.45) is 1.87. The predicted octanol–water partition coefficient (Wildman–Crippen LogP) is 3.01. The molecule has 1 aliphatic carbocycles.